The van der Waals surface area contributed by atoms with Crippen LogP contribution in [-0.2, 0) is 0 Å². The number of ketones is 1. The molecule has 0 fully saturated rings. The summed E-state index contributed by atoms with van der Waals surface area (Å²) >= 11 is 3.41. The number of methoxy groups -OCH3 is 3. The minimum atomic E-state index is -0.204. The Morgan fingerprint density at radius 3 is 2.10 bits per heavy atom. The van der Waals surface area contributed by atoms with E-state index in [1.807, 2.05) is 44.1 Å². The molecule has 0 heterocycles. The number of benzene rings is 2. The zero-order valence-corrected chi connectivity index (χ0v) is 19.1. The lowest BCUT2D eigenvalue weighted by atomic mass is 10.1. The molecule has 2 aromatic rings. The lowest BCUT2D eigenvalue weighted by Gasteiger charge is -2.18. The van der Waals surface area contributed by atoms with Gasteiger partial charge in [0.25, 0.3) is 0 Å². The Kier molecular flexibility index (Phi) is 7.96. The Hall–Kier alpha value is -2.67. The molecule has 29 heavy (non-hydrogen) atoms. The molecule has 0 atom stereocenters. The summed E-state index contributed by atoms with van der Waals surface area (Å²) in [6.07, 6.45) is 1.77. The number of carbonyl (C=O) groups excluding carboxylic acids is 1. The van der Waals surface area contributed by atoms with Gasteiger partial charge in [-0.25, -0.2) is 0 Å². The van der Waals surface area contributed by atoms with E-state index in [4.69, 9.17) is 18.9 Å². The third kappa shape index (κ3) is 5.23. The van der Waals surface area contributed by atoms with Gasteiger partial charge < -0.3 is 23.8 Å². The predicted octanol–water partition coefficient (Wildman–Crippen LogP) is 4.80. The molecule has 0 unspecified atom stereocenters. The molecular formula is C22H26BrNO5. The molecule has 0 spiro atoms. The van der Waals surface area contributed by atoms with Crippen molar-refractivity contribution in [2.24, 2.45) is 0 Å². The van der Waals surface area contributed by atoms with Gasteiger partial charge in [0.15, 0.2) is 17.3 Å². The molecule has 0 radical (unpaired) electrons. The Morgan fingerprint density at radius 1 is 1.00 bits per heavy atom. The van der Waals surface area contributed by atoms with E-state index in [-0.39, 0.29) is 5.78 Å². The number of nitrogens with zero attached hydrogens (tertiary/aromatic N) is 1. The van der Waals surface area contributed by atoms with E-state index in [9.17, 15) is 4.79 Å². The molecule has 2 aromatic carbocycles. The molecule has 156 valence electrons. The number of hydrogen-bond donors (Lipinski definition) is 0. The molecule has 0 aliphatic carbocycles. The fourth-order valence-electron chi connectivity index (χ4n) is 2.81. The molecule has 0 amide bonds. The SMILES string of the molecule is CCOc1ccc(C=C(Br)C(=O)c2cc(OC)c(OC)c(OC)c2)cc1N(C)C. The van der Waals surface area contributed by atoms with E-state index in [1.165, 1.54) is 21.3 Å². The Bertz CT molecular complexity index is 883. The van der Waals surface area contributed by atoms with Crippen molar-refractivity contribution >= 4 is 33.5 Å². The molecule has 0 aliphatic heterocycles. The van der Waals surface area contributed by atoms with Gasteiger partial charge in [0, 0.05) is 19.7 Å². The minimum Gasteiger partial charge on any atom is -0.493 e. The van der Waals surface area contributed by atoms with E-state index in [2.05, 4.69) is 15.9 Å². The van der Waals surface area contributed by atoms with Crippen LogP contribution in [0.2, 0.25) is 0 Å². The molecule has 0 bridgehead atoms. The Morgan fingerprint density at radius 2 is 1.62 bits per heavy atom. The van der Waals surface area contributed by atoms with Gasteiger partial charge >= 0.3 is 0 Å². The average Bonchev–Trinajstić information content (AvgIpc) is 2.72. The van der Waals surface area contributed by atoms with Gasteiger partial charge in [-0.2, -0.15) is 0 Å². The maximum absolute atomic E-state index is 13.0. The standard InChI is InChI=1S/C22H26BrNO5/c1-7-29-18-9-8-14(11-17(18)24(2)3)10-16(23)21(25)15-12-19(26-4)22(28-6)20(13-15)27-5/h8-13H,7H2,1-6H3. The highest BCUT2D eigenvalue weighted by Crippen LogP contribution is 2.39. The topological polar surface area (TPSA) is 57.2 Å². The van der Waals surface area contributed by atoms with Crippen LogP contribution in [0.15, 0.2) is 34.8 Å². The molecule has 0 aromatic heterocycles. The van der Waals surface area contributed by atoms with Gasteiger partial charge in [-0.15, -0.1) is 0 Å². The molecule has 0 aliphatic rings. The van der Waals surface area contributed by atoms with Crippen LogP contribution in [0.1, 0.15) is 22.8 Å². The summed E-state index contributed by atoms with van der Waals surface area (Å²) in [6.45, 7) is 2.53. The lowest BCUT2D eigenvalue weighted by molar-refractivity contribution is 0.104. The van der Waals surface area contributed by atoms with E-state index < -0.39 is 0 Å². The number of ether oxygens (including phenoxy) is 4. The maximum Gasteiger partial charge on any atom is 0.203 e. The van der Waals surface area contributed by atoms with Crippen LogP contribution in [0, 0.1) is 0 Å². The first-order valence-electron chi connectivity index (χ1n) is 9.02. The second-order valence-corrected chi connectivity index (χ2v) is 7.14. The summed E-state index contributed by atoms with van der Waals surface area (Å²) in [5.41, 5.74) is 2.22. The first-order valence-corrected chi connectivity index (χ1v) is 9.81. The Labute approximate surface area is 180 Å². The molecule has 6 nitrogen and oxygen atoms in total. The number of anilines is 1. The normalized spacial score (nSPS) is 11.1. The van der Waals surface area contributed by atoms with Gasteiger partial charge in [-0.1, -0.05) is 6.07 Å². The number of carbonyl (C=O) groups is 1. The van der Waals surface area contributed by atoms with E-state index in [0.717, 1.165) is 17.0 Å². The van der Waals surface area contributed by atoms with Crippen molar-refractivity contribution in [3.63, 3.8) is 0 Å². The van der Waals surface area contributed by atoms with Crippen molar-refractivity contribution in [1.29, 1.82) is 0 Å². The second kappa shape index (κ2) is 10.2. The number of hydrogen-bond acceptors (Lipinski definition) is 6. The van der Waals surface area contributed by atoms with Crippen LogP contribution < -0.4 is 23.8 Å². The molecular weight excluding hydrogens is 438 g/mol. The molecule has 7 heteroatoms. The number of Topliss-reactive ketones (excluding diaryl/α,β-unsaturated/α-hetero) is 1. The summed E-state index contributed by atoms with van der Waals surface area (Å²) in [5.74, 6) is 1.87. The largest absolute Gasteiger partial charge is 0.493 e. The molecule has 0 N–H and O–H groups in total. The zero-order valence-electron chi connectivity index (χ0n) is 17.5. The van der Waals surface area contributed by atoms with Crippen molar-refractivity contribution < 1.29 is 23.7 Å². The first-order chi connectivity index (χ1) is 13.9. The van der Waals surface area contributed by atoms with Gasteiger partial charge in [-0.05, 0) is 58.8 Å². The zero-order chi connectivity index (χ0) is 21.6. The van der Waals surface area contributed by atoms with E-state index in [0.29, 0.717) is 33.9 Å². The van der Waals surface area contributed by atoms with Crippen molar-refractivity contribution in [3.8, 4) is 23.0 Å². The van der Waals surface area contributed by atoms with Crippen LogP contribution in [0.5, 0.6) is 23.0 Å². The molecule has 2 rings (SSSR count). The summed E-state index contributed by atoms with van der Waals surface area (Å²) < 4.78 is 22.1. The van der Waals surface area contributed by atoms with Gasteiger partial charge in [0.05, 0.1) is 38.1 Å². The van der Waals surface area contributed by atoms with Gasteiger partial charge in [0.2, 0.25) is 5.75 Å². The monoisotopic (exact) mass is 463 g/mol. The Balaban J connectivity index is 2.42. The fourth-order valence-corrected chi connectivity index (χ4v) is 3.31. The smallest absolute Gasteiger partial charge is 0.203 e. The predicted molar refractivity (Wildman–Crippen MR) is 119 cm³/mol. The van der Waals surface area contributed by atoms with Crippen molar-refractivity contribution in [1.82, 2.24) is 0 Å². The molecule has 0 saturated heterocycles. The quantitative estimate of drug-likeness (QED) is 0.393. The first kappa shape index (κ1) is 22.6. The fraction of sp³-hybridized carbons (Fsp3) is 0.318. The highest BCUT2D eigenvalue weighted by molar-refractivity contribution is 9.12. The van der Waals surface area contributed by atoms with Crippen molar-refractivity contribution in [3.05, 3.63) is 45.9 Å². The summed E-state index contributed by atoms with van der Waals surface area (Å²) in [7, 11) is 8.44. The second-order valence-electron chi connectivity index (χ2n) is 6.29. The molecule has 0 saturated carbocycles. The number of allylic oxidation sites excluding steroid dienone is 1. The number of halogens is 1. The van der Waals surface area contributed by atoms with Crippen LogP contribution in [0.4, 0.5) is 5.69 Å². The van der Waals surface area contributed by atoms with Crippen LogP contribution in [0.3, 0.4) is 0 Å². The third-order valence-corrected chi connectivity index (χ3v) is 4.79. The summed E-state index contributed by atoms with van der Waals surface area (Å²) in [6, 6.07) is 9.02. The highest BCUT2D eigenvalue weighted by atomic mass is 79.9. The van der Waals surface area contributed by atoms with Crippen LogP contribution in [0.25, 0.3) is 6.08 Å². The number of rotatable bonds is 9. The summed E-state index contributed by atoms with van der Waals surface area (Å²) in [4.78, 5) is 14.9. The van der Waals surface area contributed by atoms with Crippen LogP contribution in [-0.4, -0.2) is 47.8 Å². The maximum atomic E-state index is 13.0. The van der Waals surface area contributed by atoms with Crippen LogP contribution >= 0.6 is 15.9 Å². The van der Waals surface area contributed by atoms with Gasteiger partial charge in [0.1, 0.15) is 5.75 Å². The van der Waals surface area contributed by atoms with Crippen molar-refractivity contribution in [2.75, 3.05) is 46.9 Å². The van der Waals surface area contributed by atoms with E-state index in [1.54, 1.807) is 18.2 Å². The third-order valence-electron chi connectivity index (χ3n) is 4.20. The van der Waals surface area contributed by atoms with E-state index >= 15 is 0 Å². The highest BCUT2D eigenvalue weighted by Gasteiger charge is 2.19. The minimum absolute atomic E-state index is 0.204. The van der Waals surface area contributed by atoms with Crippen molar-refractivity contribution in [2.45, 2.75) is 6.92 Å². The lowest BCUT2D eigenvalue weighted by Crippen LogP contribution is -2.11. The van der Waals surface area contributed by atoms with Gasteiger partial charge in [-0.3, -0.25) is 4.79 Å². The average molecular weight is 464 g/mol. The summed E-state index contributed by atoms with van der Waals surface area (Å²) in [5, 5.41) is 0.